The van der Waals surface area contributed by atoms with Crippen molar-refractivity contribution in [2.24, 2.45) is 0 Å². The predicted molar refractivity (Wildman–Crippen MR) is 111 cm³/mol. The summed E-state index contributed by atoms with van der Waals surface area (Å²) >= 11 is 4.88. The van der Waals surface area contributed by atoms with E-state index in [2.05, 4.69) is 31.3 Å². The van der Waals surface area contributed by atoms with Crippen LogP contribution in [0.15, 0.2) is 40.9 Å². The topological polar surface area (TPSA) is 59.8 Å². The highest BCUT2D eigenvalue weighted by Gasteiger charge is 2.34. The maximum absolute atomic E-state index is 14.5. The highest BCUT2D eigenvalue weighted by Crippen LogP contribution is 2.42. The van der Waals surface area contributed by atoms with Crippen molar-refractivity contribution >= 4 is 49.2 Å². The van der Waals surface area contributed by atoms with Crippen molar-refractivity contribution < 1.29 is 13.6 Å². The van der Waals surface area contributed by atoms with Crippen molar-refractivity contribution in [2.45, 2.75) is 19.3 Å². The molecule has 0 bridgehead atoms. The fourth-order valence-electron chi connectivity index (χ4n) is 3.71. The van der Waals surface area contributed by atoms with Gasteiger partial charge in [-0.1, -0.05) is 27.3 Å². The molecule has 0 spiro atoms. The van der Waals surface area contributed by atoms with Crippen LogP contribution in [0.3, 0.4) is 0 Å². The van der Waals surface area contributed by atoms with Gasteiger partial charge in [0.1, 0.15) is 17.5 Å². The Morgan fingerprint density at radius 1 is 1.24 bits per heavy atom. The molecule has 3 heterocycles. The summed E-state index contributed by atoms with van der Waals surface area (Å²) in [5.74, 6) is -1.54. The molecule has 1 aliphatic heterocycles. The molecule has 2 aromatic heterocycles. The van der Waals surface area contributed by atoms with Crippen LogP contribution in [0.2, 0.25) is 0 Å². The van der Waals surface area contributed by atoms with Crippen molar-refractivity contribution in [1.82, 2.24) is 14.8 Å². The number of fused-ring (bicyclic) bond motifs is 2. The van der Waals surface area contributed by atoms with Crippen LogP contribution in [0.25, 0.3) is 15.3 Å². The van der Waals surface area contributed by atoms with Gasteiger partial charge in [0.15, 0.2) is 0 Å². The summed E-state index contributed by atoms with van der Waals surface area (Å²) in [5, 5.41) is 7.99. The van der Waals surface area contributed by atoms with Gasteiger partial charge in [-0.05, 0) is 48.9 Å². The van der Waals surface area contributed by atoms with Crippen molar-refractivity contribution in [1.29, 1.82) is 0 Å². The molecule has 1 amide bonds. The molecule has 2 aromatic carbocycles. The van der Waals surface area contributed by atoms with Crippen molar-refractivity contribution in [3.8, 4) is 5.13 Å². The number of nitrogens with one attached hydrogen (secondary N) is 1. The van der Waals surface area contributed by atoms with Crippen molar-refractivity contribution in [2.75, 3.05) is 5.32 Å². The van der Waals surface area contributed by atoms with Crippen LogP contribution in [0, 0.1) is 18.6 Å². The van der Waals surface area contributed by atoms with Gasteiger partial charge in [0.25, 0.3) is 0 Å². The summed E-state index contributed by atoms with van der Waals surface area (Å²) in [7, 11) is 0. The van der Waals surface area contributed by atoms with Crippen LogP contribution in [0.5, 0.6) is 0 Å². The standard InChI is InChI=1S/C20H13BrF2N4OS/c1-9-18-13(12-7-11(22)3-4-14(12)23)8-17(28)25-19(18)27(26-9)20-24-15-5-2-10(21)6-16(15)29-20/h2-7,13H,8H2,1H3,(H,25,28)/t13-/m1/s1. The second-order valence-electron chi connectivity index (χ2n) is 6.84. The average Bonchev–Trinajstić information content (AvgIpc) is 3.23. The largest absolute Gasteiger partial charge is 0.310 e. The zero-order chi connectivity index (χ0) is 20.3. The molecule has 1 N–H and O–H groups in total. The first-order valence-electron chi connectivity index (χ1n) is 8.81. The van der Waals surface area contributed by atoms with Gasteiger partial charge >= 0.3 is 0 Å². The number of carbonyl (C=O) groups excluding carboxylic acids is 1. The molecule has 0 saturated carbocycles. The van der Waals surface area contributed by atoms with E-state index in [1.165, 1.54) is 11.3 Å². The van der Waals surface area contributed by atoms with Gasteiger partial charge in [0.05, 0.1) is 15.9 Å². The first-order chi connectivity index (χ1) is 13.9. The summed E-state index contributed by atoms with van der Waals surface area (Å²) in [6.07, 6.45) is 0.0205. The first kappa shape index (κ1) is 18.4. The minimum Gasteiger partial charge on any atom is -0.310 e. The maximum Gasteiger partial charge on any atom is 0.226 e. The third-order valence-electron chi connectivity index (χ3n) is 4.96. The lowest BCUT2D eigenvalue weighted by Gasteiger charge is -2.24. The second kappa shape index (κ2) is 6.70. The number of aromatic nitrogens is 3. The Kier molecular flexibility index (Phi) is 4.25. The Hall–Kier alpha value is -2.65. The number of rotatable bonds is 2. The minimum absolute atomic E-state index is 0.0205. The smallest absolute Gasteiger partial charge is 0.226 e. The van der Waals surface area contributed by atoms with Crippen LogP contribution in [0.4, 0.5) is 14.6 Å². The molecule has 0 saturated heterocycles. The zero-order valence-electron chi connectivity index (χ0n) is 15.0. The predicted octanol–water partition coefficient (Wildman–Crippen LogP) is 5.31. The number of aryl methyl sites for hydroxylation is 1. The highest BCUT2D eigenvalue weighted by atomic mass is 79.9. The molecule has 0 radical (unpaired) electrons. The van der Waals surface area contributed by atoms with E-state index in [9.17, 15) is 13.6 Å². The first-order valence-corrected chi connectivity index (χ1v) is 10.4. The van der Waals surface area contributed by atoms with E-state index in [0.29, 0.717) is 22.2 Å². The van der Waals surface area contributed by atoms with Gasteiger partial charge < -0.3 is 5.32 Å². The van der Waals surface area contributed by atoms with E-state index >= 15 is 0 Å². The maximum atomic E-state index is 14.5. The Morgan fingerprint density at radius 3 is 2.90 bits per heavy atom. The summed E-state index contributed by atoms with van der Waals surface area (Å²) < 4.78 is 31.7. The second-order valence-corrected chi connectivity index (χ2v) is 8.76. The molecular weight excluding hydrogens is 462 g/mol. The number of benzene rings is 2. The lowest BCUT2D eigenvalue weighted by molar-refractivity contribution is -0.116. The van der Waals surface area contributed by atoms with Gasteiger partial charge in [-0.15, -0.1) is 0 Å². The van der Waals surface area contributed by atoms with Gasteiger partial charge in [-0.2, -0.15) is 9.78 Å². The summed E-state index contributed by atoms with van der Waals surface area (Å²) in [5.41, 5.74) is 2.27. The monoisotopic (exact) mass is 474 g/mol. The number of hydrogen-bond donors (Lipinski definition) is 1. The normalized spacial score (nSPS) is 16.1. The number of thiazole rings is 1. The molecule has 146 valence electrons. The minimum atomic E-state index is -0.619. The average molecular weight is 475 g/mol. The molecule has 0 fully saturated rings. The summed E-state index contributed by atoms with van der Waals surface area (Å²) in [4.78, 5) is 17.0. The number of nitrogens with zero attached hydrogens (tertiary/aromatic N) is 3. The third kappa shape index (κ3) is 3.05. The van der Waals surface area contributed by atoms with Crippen molar-refractivity contribution in [3.63, 3.8) is 0 Å². The van der Waals surface area contributed by atoms with Gasteiger partial charge in [0, 0.05) is 22.4 Å². The number of amides is 1. The molecule has 5 rings (SSSR count). The summed E-state index contributed by atoms with van der Waals surface area (Å²) in [6.45, 7) is 1.79. The van der Waals surface area contributed by atoms with Gasteiger partial charge in [0.2, 0.25) is 11.0 Å². The van der Waals surface area contributed by atoms with E-state index in [1.54, 1.807) is 11.6 Å². The molecule has 1 aliphatic rings. The van der Waals surface area contributed by atoms with E-state index in [4.69, 9.17) is 0 Å². The highest BCUT2D eigenvalue weighted by molar-refractivity contribution is 9.10. The molecule has 1 atom stereocenters. The molecule has 29 heavy (non-hydrogen) atoms. The fourth-order valence-corrected chi connectivity index (χ4v) is 5.19. The van der Waals surface area contributed by atoms with E-state index in [-0.39, 0.29) is 17.9 Å². The molecule has 5 nitrogen and oxygen atoms in total. The number of hydrogen-bond acceptors (Lipinski definition) is 4. The SMILES string of the molecule is Cc1nn(-c2nc3ccc(Br)cc3s2)c2c1[C@@H](c1cc(F)ccc1F)CC(=O)N2. The lowest BCUT2D eigenvalue weighted by atomic mass is 9.85. The van der Waals surface area contributed by atoms with Gasteiger partial charge in [-0.3, -0.25) is 4.79 Å². The zero-order valence-corrected chi connectivity index (χ0v) is 17.4. The third-order valence-corrected chi connectivity index (χ3v) is 6.44. The van der Waals surface area contributed by atoms with Crippen LogP contribution in [-0.4, -0.2) is 20.7 Å². The Labute approximate surface area is 176 Å². The molecular formula is C20H13BrF2N4OS. The lowest BCUT2D eigenvalue weighted by Crippen LogP contribution is -2.25. The van der Waals surface area contributed by atoms with E-state index in [0.717, 1.165) is 32.9 Å². The molecule has 9 heteroatoms. The number of anilines is 1. The Morgan fingerprint density at radius 2 is 2.07 bits per heavy atom. The van der Waals surface area contributed by atoms with Crippen LogP contribution >= 0.6 is 27.3 Å². The Bertz CT molecular complexity index is 1300. The summed E-state index contributed by atoms with van der Waals surface area (Å²) in [6, 6.07) is 9.06. The van der Waals surface area contributed by atoms with E-state index < -0.39 is 17.6 Å². The van der Waals surface area contributed by atoms with Crippen LogP contribution < -0.4 is 5.32 Å². The quantitative estimate of drug-likeness (QED) is 0.428. The molecule has 0 unspecified atom stereocenters. The van der Waals surface area contributed by atoms with E-state index in [1.807, 2.05) is 18.2 Å². The number of carbonyl (C=O) groups is 1. The van der Waals surface area contributed by atoms with Crippen LogP contribution in [-0.2, 0) is 4.79 Å². The van der Waals surface area contributed by atoms with Gasteiger partial charge in [-0.25, -0.2) is 13.8 Å². The Balaban J connectivity index is 1.69. The number of halogens is 3. The molecule has 0 aliphatic carbocycles. The van der Waals surface area contributed by atoms with Crippen molar-refractivity contribution in [3.05, 3.63) is 69.3 Å². The van der Waals surface area contributed by atoms with Crippen LogP contribution in [0.1, 0.15) is 29.2 Å². The fraction of sp³-hybridized carbons (Fsp3) is 0.150. The molecule has 4 aromatic rings.